The number of aliphatic carboxylic acids is 3. The summed E-state index contributed by atoms with van der Waals surface area (Å²) in [7, 11) is 0. The van der Waals surface area contributed by atoms with Gasteiger partial charge in [-0.05, 0) is 6.42 Å². The molecule has 0 rings (SSSR count). The second-order valence-corrected chi connectivity index (χ2v) is 7.00. The highest BCUT2D eigenvalue weighted by atomic mass is 16.4. The minimum absolute atomic E-state index is 0.328. The van der Waals surface area contributed by atoms with Crippen molar-refractivity contribution in [2.45, 2.75) is 56.3 Å². The van der Waals surface area contributed by atoms with Gasteiger partial charge in [0.25, 0.3) is 0 Å². The zero-order valence-corrected chi connectivity index (χ0v) is 17.7. The molecule has 0 saturated heterocycles. The molecule has 34 heavy (non-hydrogen) atoms. The zero-order valence-electron chi connectivity index (χ0n) is 17.7. The maximum Gasteiger partial charge on any atom is 0.326 e. The van der Waals surface area contributed by atoms with Gasteiger partial charge in [0, 0.05) is 6.42 Å². The number of amides is 5. The second-order valence-electron chi connectivity index (χ2n) is 7.00. The minimum atomic E-state index is -1.81. The number of nitrogens with one attached hydrogen (secondary N) is 3. The van der Waals surface area contributed by atoms with Gasteiger partial charge in [-0.15, -0.1) is 0 Å². The molecule has 0 aliphatic heterocycles. The summed E-state index contributed by atoms with van der Waals surface area (Å²) in [5.41, 5.74) is 15.4. The fraction of sp³-hybridized carbons (Fsp3) is 0.529. The molecule has 17 nitrogen and oxygen atoms in total. The van der Waals surface area contributed by atoms with Gasteiger partial charge in [0.2, 0.25) is 29.5 Å². The largest absolute Gasteiger partial charge is 0.481 e. The predicted octanol–water partition coefficient (Wildman–Crippen LogP) is -5.06. The van der Waals surface area contributed by atoms with Crippen molar-refractivity contribution in [1.29, 1.82) is 0 Å². The number of primary amides is 2. The SMILES string of the molecule is NC(=O)CC(NC(=O)C(CC(N)=O)NC(=O)C(CC(=O)O)NC(=O)C(N)CCC(=O)O)C(=O)O. The maximum absolute atomic E-state index is 12.6. The number of nitrogens with two attached hydrogens (primary N) is 3. The molecule has 4 atom stereocenters. The Balaban J connectivity index is 5.54. The first-order chi connectivity index (χ1) is 15.6. The van der Waals surface area contributed by atoms with Gasteiger partial charge in [0.15, 0.2) is 0 Å². The van der Waals surface area contributed by atoms with Crippen molar-refractivity contribution in [3.63, 3.8) is 0 Å². The standard InChI is InChI=1S/C17H26N6O11/c18-6(1-2-12(26)27)14(30)21-8(5-13(28)29)16(32)22-7(3-10(19)24)15(31)23-9(17(33)34)4-11(20)25/h6-9H,1-5,18H2,(H2,19,24)(H2,20,25)(H,21,30)(H,22,32)(H,23,31)(H,26,27)(H,28,29)(H,33,34). The van der Waals surface area contributed by atoms with E-state index in [9.17, 15) is 38.4 Å². The number of carbonyl (C=O) groups is 8. The lowest BCUT2D eigenvalue weighted by molar-refractivity contribution is -0.144. The fourth-order valence-electron chi connectivity index (χ4n) is 2.43. The Morgan fingerprint density at radius 3 is 1.44 bits per heavy atom. The van der Waals surface area contributed by atoms with Crippen LogP contribution in [0.15, 0.2) is 0 Å². The van der Waals surface area contributed by atoms with E-state index in [4.69, 9.17) is 32.5 Å². The Morgan fingerprint density at radius 2 is 1.03 bits per heavy atom. The highest BCUT2D eigenvalue weighted by Crippen LogP contribution is 2.02. The molecule has 17 heteroatoms. The van der Waals surface area contributed by atoms with Crippen LogP contribution in [-0.2, 0) is 38.4 Å². The monoisotopic (exact) mass is 490 g/mol. The minimum Gasteiger partial charge on any atom is -0.481 e. The molecule has 4 unspecified atom stereocenters. The van der Waals surface area contributed by atoms with Crippen LogP contribution in [0.1, 0.15) is 32.1 Å². The molecular formula is C17H26N6O11. The molecule has 0 aliphatic rings. The van der Waals surface area contributed by atoms with Crippen LogP contribution in [0.4, 0.5) is 0 Å². The summed E-state index contributed by atoms with van der Waals surface area (Å²) in [4.78, 5) is 92.2. The normalized spacial score (nSPS) is 13.9. The smallest absolute Gasteiger partial charge is 0.326 e. The third kappa shape index (κ3) is 11.9. The van der Waals surface area contributed by atoms with Crippen molar-refractivity contribution in [3.8, 4) is 0 Å². The van der Waals surface area contributed by atoms with Crippen LogP contribution >= 0.6 is 0 Å². The lowest BCUT2D eigenvalue weighted by atomic mass is 10.1. The molecule has 0 aromatic heterocycles. The fourth-order valence-corrected chi connectivity index (χ4v) is 2.43. The highest BCUT2D eigenvalue weighted by Gasteiger charge is 2.32. The number of hydrogen-bond donors (Lipinski definition) is 9. The van der Waals surface area contributed by atoms with E-state index in [1.807, 2.05) is 16.0 Å². The Kier molecular flexibility index (Phi) is 12.2. The van der Waals surface area contributed by atoms with Crippen molar-refractivity contribution in [2.75, 3.05) is 0 Å². The van der Waals surface area contributed by atoms with Gasteiger partial charge >= 0.3 is 17.9 Å². The topological polar surface area (TPSA) is 311 Å². The molecule has 0 aromatic rings. The summed E-state index contributed by atoms with van der Waals surface area (Å²) in [6.45, 7) is 0. The van der Waals surface area contributed by atoms with Crippen molar-refractivity contribution in [2.24, 2.45) is 17.2 Å². The maximum atomic E-state index is 12.6. The van der Waals surface area contributed by atoms with Gasteiger partial charge < -0.3 is 48.5 Å². The van der Waals surface area contributed by atoms with E-state index >= 15 is 0 Å². The number of hydrogen-bond acceptors (Lipinski definition) is 9. The van der Waals surface area contributed by atoms with Gasteiger partial charge in [0.05, 0.1) is 25.3 Å². The third-order valence-corrected chi connectivity index (χ3v) is 4.08. The molecule has 12 N–H and O–H groups in total. The number of carboxylic acids is 3. The molecule has 0 spiro atoms. The number of carbonyl (C=O) groups excluding carboxylic acids is 5. The molecule has 0 heterocycles. The molecule has 0 saturated carbocycles. The van der Waals surface area contributed by atoms with Crippen molar-refractivity contribution in [1.82, 2.24) is 16.0 Å². The summed E-state index contributed by atoms with van der Waals surface area (Å²) in [6.07, 6.45) is -3.48. The van der Waals surface area contributed by atoms with Gasteiger partial charge in [-0.1, -0.05) is 0 Å². The van der Waals surface area contributed by atoms with E-state index in [-0.39, 0.29) is 6.42 Å². The van der Waals surface area contributed by atoms with Gasteiger partial charge in [-0.3, -0.25) is 33.6 Å². The molecule has 0 fully saturated rings. The molecular weight excluding hydrogens is 464 g/mol. The molecule has 190 valence electrons. The summed E-state index contributed by atoms with van der Waals surface area (Å²) in [5.74, 6) is -10.2. The number of carboxylic acid groups (broad SMARTS) is 3. The van der Waals surface area contributed by atoms with Gasteiger partial charge in [-0.25, -0.2) is 4.79 Å². The average Bonchev–Trinajstić information content (AvgIpc) is 2.68. The first-order valence-electron chi connectivity index (χ1n) is 9.53. The summed E-state index contributed by atoms with van der Waals surface area (Å²) < 4.78 is 0. The van der Waals surface area contributed by atoms with Crippen LogP contribution in [-0.4, -0.2) is 86.9 Å². The predicted molar refractivity (Wildman–Crippen MR) is 108 cm³/mol. The van der Waals surface area contributed by atoms with Crippen LogP contribution in [0.25, 0.3) is 0 Å². The Morgan fingerprint density at radius 1 is 0.618 bits per heavy atom. The van der Waals surface area contributed by atoms with Gasteiger partial charge in [0.1, 0.15) is 18.1 Å². The van der Waals surface area contributed by atoms with Crippen LogP contribution in [0.2, 0.25) is 0 Å². The van der Waals surface area contributed by atoms with Gasteiger partial charge in [-0.2, -0.15) is 0 Å². The highest BCUT2D eigenvalue weighted by molar-refractivity contribution is 5.97. The van der Waals surface area contributed by atoms with Crippen LogP contribution in [0, 0.1) is 0 Å². The first-order valence-corrected chi connectivity index (χ1v) is 9.53. The molecule has 0 aliphatic carbocycles. The van der Waals surface area contributed by atoms with Crippen LogP contribution < -0.4 is 33.2 Å². The quantitative estimate of drug-likeness (QED) is 0.0981. The zero-order chi connectivity index (χ0) is 26.6. The van der Waals surface area contributed by atoms with E-state index in [1.54, 1.807) is 0 Å². The van der Waals surface area contributed by atoms with E-state index < -0.39 is 97.3 Å². The molecule has 0 aromatic carbocycles. The number of rotatable bonds is 16. The summed E-state index contributed by atoms with van der Waals surface area (Å²) >= 11 is 0. The summed E-state index contributed by atoms with van der Waals surface area (Å²) in [5, 5.41) is 32.6. The van der Waals surface area contributed by atoms with E-state index in [1.165, 1.54) is 0 Å². The van der Waals surface area contributed by atoms with E-state index in [2.05, 4.69) is 0 Å². The lowest BCUT2D eigenvalue weighted by Gasteiger charge is -2.24. The van der Waals surface area contributed by atoms with Crippen LogP contribution in [0.5, 0.6) is 0 Å². The molecule has 0 radical (unpaired) electrons. The van der Waals surface area contributed by atoms with Crippen molar-refractivity contribution >= 4 is 47.4 Å². The molecule has 5 amide bonds. The van der Waals surface area contributed by atoms with Crippen molar-refractivity contribution in [3.05, 3.63) is 0 Å². The Bertz CT molecular complexity index is 846. The first kappa shape index (κ1) is 29.7. The summed E-state index contributed by atoms with van der Waals surface area (Å²) in [6, 6.07) is -6.84. The Labute approximate surface area is 191 Å². The second kappa shape index (κ2) is 14.0. The van der Waals surface area contributed by atoms with E-state index in [0.29, 0.717) is 0 Å². The van der Waals surface area contributed by atoms with Crippen LogP contribution in [0.3, 0.4) is 0 Å². The molecule has 0 bridgehead atoms. The lowest BCUT2D eigenvalue weighted by Crippen LogP contribution is -2.58. The van der Waals surface area contributed by atoms with Crippen molar-refractivity contribution < 1.29 is 53.7 Å². The Hall–Kier alpha value is -4.28. The average molecular weight is 490 g/mol. The van der Waals surface area contributed by atoms with E-state index in [0.717, 1.165) is 0 Å². The third-order valence-electron chi connectivity index (χ3n) is 4.08.